The van der Waals surface area contributed by atoms with Gasteiger partial charge in [0.25, 0.3) is 10.0 Å². The molecule has 1 saturated heterocycles. The Kier molecular flexibility index (Phi) is 4.51. The van der Waals surface area contributed by atoms with Crippen LogP contribution >= 0.6 is 0 Å². The van der Waals surface area contributed by atoms with Gasteiger partial charge in [0.05, 0.1) is 6.10 Å². The number of hydrogen-bond acceptors (Lipinski definition) is 5. The molecule has 6 nitrogen and oxygen atoms in total. The number of aromatic nitrogens is 1. The molecule has 0 bridgehead atoms. The molecule has 0 amide bonds. The fraction of sp³-hybridized carbons (Fsp3) is 0.583. The van der Waals surface area contributed by atoms with E-state index >= 15 is 0 Å². The smallest absolute Gasteiger partial charge is 0.260 e. The first-order chi connectivity index (χ1) is 9.07. The third-order valence-electron chi connectivity index (χ3n) is 3.22. The van der Waals surface area contributed by atoms with Gasteiger partial charge in [0, 0.05) is 32.9 Å². The van der Waals surface area contributed by atoms with Crippen molar-refractivity contribution in [1.82, 2.24) is 14.6 Å². The summed E-state index contributed by atoms with van der Waals surface area (Å²) in [6.07, 6.45) is 2.30. The number of nitrogens with one attached hydrogen (secondary N) is 1. The first-order valence-electron chi connectivity index (χ1n) is 6.20. The molecule has 1 atom stereocenters. The molecule has 0 radical (unpaired) electrons. The SMILES string of the molecule is CNCc1ccc(S(=O)(=O)N2CCC(OC)C2)nc1. The van der Waals surface area contributed by atoms with Crippen LogP contribution in [0.15, 0.2) is 23.4 Å². The van der Waals surface area contributed by atoms with E-state index in [1.165, 1.54) is 4.31 Å². The van der Waals surface area contributed by atoms with Gasteiger partial charge in [-0.15, -0.1) is 0 Å². The summed E-state index contributed by atoms with van der Waals surface area (Å²) >= 11 is 0. The molecule has 1 fully saturated rings. The molecule has 2 heterocycles. The van der Waals surface area contributed by atoms with Gasteiger partial charge < -0.3 is 10.1 Å². The highest BCUT2D eigenvalue weighted by molar-refractivity contribution is 7.89. The van der Waals surface area contributed by atoms with Crippen LogP contribution < -0.4 is 5.32 Å². The monoisotopic (exact) mass is 285 g/mol. The molecule has 1 N–H and O–H groups in total. The van der Waals surface area contributed by atoms with Crippen molar-refractivity contribution in [1.29, 1.82) is 0 Å². The van der Waals surface area contributed by atoms with E-state index in [9.17, 15) is 8.42 Å². The molecule has 1 aromatic heterocycles. The van der Waals surface area contributed by atoms with Crippen molar-refractivity contribution in [2.24, 2.45) is 0 Å². The number of sulfonamides is 1. The quantitative estimate of drug-likeness (QED) is 0.837. The summed E-state index contributed by atoms with van der Waals surface area (Å²) in [5.41, 5.74) is 0.956. The number of rotatable bonds is 5. The maximum Gasteiger partial charge on any atom is 0.260 e. The minimum Gasteiger partial charge on any atom is -0.380 e. The highest BCUT2D eigenvalue weighted by Crippen LogP contribution is 2.20. The van der Waals surface area contributed by atoms with Gasteiger partial charge in [-0.25, -0.2) is 13.4 Å². The zero-order valence-electron chi connectivity index (χ0n) is 11.2. The van der Waals surface area contributed by atoms with E-state index in [-0.39, 0.29) is 11.1 Å². The van der Waals surface area contributed by atoms with E-state index in [2.05, 4.69) is 10.3 Å². The van der Waals surface area contributed by atoms with Crippen LogP contribution in [-0.2, 0) is 21.3 Å². The Morgan fingerprint density at radius 3 is 2.84 bits per heavy atom. The van der Waals surface area contributed by atoms with Crippen molar-refractivity contribution in [3.63, 3.8) is 0 Å². The molecule has 2 rings (SSSR count). The average Bonchev–Trinajstić information content (AvgIpc) is 2.89. The van der Waals surface area contributed by atoms with Gasteiger partial charge in [-0.2, -0.15) is 4.31 Å². The van der Waals surface area contributed by atoms with Crippen molar-refractivity contribution in [3.05, 3.63) is 23.9 Å². The number of pyridine rings is 1. The molecule has 1 aromatic rings. The molecule has 1 aliphatic rings. The van der Waals surface area contributed by atoms with E-state index < -0.39 is 10.0 Å². The Bertz CT molecular complexity index is 516. The van der Waals surface area contributed by atoms with Crippen LogP contribution in [0.25, 0.3) is 0 Å². The maximum absolute atomic E-state index is 12.4. The zero-order valence-corrected chi connectivity index (χ0v) is 12.0. The number of hydrogen-bond donors (Lipinski definition) is 1. The normalized spacial score (nSPS) is 20.8. The zero-order chi connectivity index (χ0) is 13.9. The van der Waals surface area contributed by atoms with Gasteiger partial charge in [0.2, 0.25) is 0 Å². The highest BCUT2D eigenvalue weighted by atomic mass is 32.2. The summed E-state index contributed by atoms with van der Waals surface area (Å²) < 4.78 is 31.3. The van der Waals surface area contributed by atoms with Crippen molar-refractivity contribution < 1.29 is 13.2 Å². The standard InChI is InChI=1S/C12H19N3O3S/c1-13-7-10-3-4-12(14-8-10)19(16,17)15-6-5-11(9-15)18-2/h3-4,8,11,13H,5-7,9H2,1-2H3. The van der Waals surface area contributed by atoms with Crippen LogP contribution in [0.4, 0.5) is 0 Å². The number of nitrogens with zero attached hydrogens (tertiary/aromatic N) is 2. The summed E-state index contributed by atoms with van der Waals surface area (Å²) in [6.45, 7) is 1.56. The Morgan fingerprint density at radius 2 is 2.32 bits per heavy atom. The van der Waals surface area contributed by atoms with Crippen LogP contribution in [0.3, 0.4) is 0 Å². The summed E-state index contributed by atoms with van der Waals surface area (Å²) in [5, 5.41) is 3.10. The lowest BCUT2D eigenvalue weighted by Gasteiger charge is -2.15. The van der Waals surface area contributed by atoms with Crippen molar-refractivity contribution >= 4 is 10.0 Å². The Balaban J connectivity index is 2.15. The van der Waals surface area contributed by atoms with Gasteiger partial charge in [-0.1, -0.05) is 6.07 Å². The fourth-order valence-electron chi connectivity index (χ4n) is 2.11. The lowest BCUT2D eigenvalue weighted by Crippen LogP contribution is -2.30. The van der Waals surface area contributed by atoms with Crippen LogP contribution in [0.2, 0.25) is 0 Å². The minimum atomic E-state index is -3.49. The van der Waals surface area contributed by atoms with Gasteiger partial charge in [-0.05, 0) is 25.1 Å². The highest BCUT2D eigenvalue weighted by Gasteiger charge is 2.33. The van der Waals surface area contributed by atoms with Crippen molar-refractivity contribution in [3.8, 4) is 0 Å². The second-order valence-electron chi connectivity index (χ2n) is 4.54. The number of ether oxygens (including phenoxy) is 1. The Morgan fingerprint density at radius 1 is 1.53 bits per heavy atom. The van der Waals surface area contributed by atoms with Gasteiger partial charge in [-0.3, -0.25) is 0 Å². The van der Waals surface area contributed by atoms with Crippen LogP contribution in [0.5, 0.6) is 0 Å². The van der Waals surface area contributed by atoms with Gasteiger partial charge in [0.15, 0.2) is 5.03 Å². The molecular weight excluding hydrogens is 266 g/mol. The Labute approximate surface area is 113 Å². The fourth-order valence-corrected chi connectivity index (χ4v) is 3.51. The predicted molar refractivity (Wildman–Crippen MR) is 71.2 cm³/mol. The lowest BCUT2D eigenvalue weighted by molar-refractivity contribution is 0.115. The topological polar surface area (TPSA) is 71.5 Å². The maximum atomic E-state index is 12.4. The molecule has 19 heavy (non-hydrogen) atoms. The first kappa shape index (κ1) is 14.4. The van der Waals surface area contributed by atoms with Crippen molar-refractivity contribution in [2.45, 2.75) is 24.1 Å². The number of methoxy groups -OCH3 is 1. The summed E-state index contributed by atoms with van der Waals surface area (Å²) in [6, 6.07) is 3.34. The third kappa shape index (κ3) is 3.11. The van der Waals surface area contributed by atoms with Crippen LogP contribution in [0, 0.1) is 0 Å². The van der Waals surface area contributed by atoms with Crippen LogP contribution in [0.1, 0.15) is 12.0 Å². The molecule has 7 heteroatoms. The summed E-state index contributed by atoms with van der Waals surface area (Å²) in [5.74, 6) is 0. The van der Waals surface area contributed by atoms with Crippen LogP contribution in [-0.4, -0.2) is 51.1 Å². The molecule has 1 aliphatic heterocycles. The predicted octanol–water partition coefficient (Wildman–Crippen LogP) is 0.210. The first-order valence-corrected chi connectivity index (χ1v) is 7.64. The molecular formula is C12H19N3O3S. The molecule has 0 aliphatic carbocycles. The van der Waals surface area contributed by atoms with E-state index in [1.54, 1.807) is 25.4 Å². The average molecular weight is 285 g/mol. The second-order valence-corrected chi connectivity index (χ2v) is 6.43. The molecule has 0 saturated carbocycles. The van der Waals surface area contributed by atoms with E-state index in [0.29, 0.717) is 19.6 Å². The second kappa shape index (κ2) is 5.96. The van der Waals surface area contributed by atoms with Crippen molar-refractivity contribution in [2.75, 3.05) is 27.2 Å². The largest absolute Gasteiger partial charge is 0.380 e. The molecule has 1 unspecified atom stereocenters. The molecule has 106 valence electrons. The van der Waals surface area contributed by atoms with Gasteiger partial charge in [0.1, 0.15) is 0 Å². The van der Waals surface area contributed by atoms with E-state index in [4.69, 9.17) is 4.74 Å². The minimum absolute atomic E-state index is 0.0154. The van der Waals surface area contributed by atoms with E-state index in [0.717, 1.165) is 12.0 Å². The lowest BCUT2D eigenvalue weighted by atomic mass is 10.3. The molecule has 0 spiro atoms. The van der Waals surface area contributed by atoms with Gasteiger partial charge >= 0.3 is 0 Å². The summed E-state index contributed by atoms with van der Waals surface area (Å²) in [4.78, 5) is 4.05. The molecule has 0 aromatic carbocycles. The third-order valence-corrected chi connectivity index (χ3v) is 5.01. The Hall–Kier alpha value is -1.02. The van der Waals surface area contributed by atoms with E-state index in [1.807, 2.05) is 7.05 Å². The summed E-state index contributed by atoms with van der Waals surface area (Å²) in [7, 11) is -0.0557.